The van der Waals surface area contributed by atoms with E-state index in [0.29, 0.717) is 15.8 Å². The van der Waals surface area contributed by atoms with E-state index in [4.69, 9.17) is 10.5 Å². The maximum atomic E-state index is 13.0. The van der Waals surface area contributed by atoms with Crippen LogP contribution in [0.1, 0.15) is 22.8 Å². The highest BCUT2D eigenvalue weighted by Crippen LogP contribution is 2.26. The van der Waals surface area contributed by atoms with Crippen LogP contribution in [0.5, 0.6) is 5.75 Å². The third kappa shape index (κ3) is 4.79. The molecule has 0 heterocycles. The topological polar surface area (TPSA) is 81.4 Å². The van der Waals surface area contributed by atoms with Crippen LogP contribution in [0, 0.1) is 5.82 Å². The van der Waals surface area contributed by atoms with E-state index < -0.39 is 17.8 Å². The molecule has 2 aromatic carbocycles. The molecule has 7 heteroatoms. The lowest BCUT2D eigenvalue weighted by atomic mass is 10.1. The minimum atomic E-state index is -0.753. The Hall–Kier alpha value is -2.41. The van der Waals surface area contributed by atoms with Crippen molar-refractivity contribution in [3.05, 3.63) is 63.9 Å². The number of amides is 2. The van der Waals surface area contributed by atoms with Gasteiger partial charge in [-0.05, 0) is 58.7 Å². The number of carbonyl (C=O) groups excluding carboxylic acids is 2. The van der Waals surface area contributed by atoms with Crippen LogP contribution in [0.2, 0.25) is 0 Å². The van der Waals surface area contributed by atoms with Crippen LogP contribution in [-0.4, -0.2) is 17.9 Å². The molecule has 0 aromatic heterocycles. The average molecular weight is 395 g/mol. The molecule has 2 amide bonds. The molecular formula is C17H16BrFN2O3. The second-order valence-electron chi connectivity index (χ2n) is 5.11. The van der Waals surface area contributed by atoms with Gasteiger partial charge in [-0.25, -0.2) is 4.39 Å². The van der Waals surface area contributed by atoms with Crippen LogP contribution in [0.4, 0.5) is 4.39 Å². The fourth-order valence-corrected chi connectivity index (χ4v) is 2.38. The number of hydrogen-bond acceptors (Lipinski definition) is 3. The second-order valence-corrected chi connectivity index (χ2v) is 5.97. The smallest absolute Gasteiger partial charge is 0.261 e. The molecule has 0 aliphatic heterocycles. The van der Waals surface area contributed by atoms with Crippen LogP contribution in [-0.2, 0) is 11.3 Å². The molecule has 24 heavy (non-hydrogen) atoms. The van der Waals surface area contributed by atoms with E-state index in [-0.39, 0.29) is 12.5 Å². The molecule has 1 unspecified atom stereocenters. The van der Waals surface area contributed by atoms with Crippen LogP contribution in [0.3, 0.4) is 0 Å². The molecule has 0 spiro atoms. The monoisotopic (exact) mass is 394 g/mol. The second kappa shape index (κ2) is 7.92. The lowest BCUT2D eigenvalue weighted by Gasteiger charge is -2.16. The van der Waals surface area contributed by atoms with Gasteiger partial charge in [0.25, 0.3) is 5.91 Å². The van der Waals surface area contributed by atoms with Crippen molar-refractivity contribution in [3.63, 3.8) is 0 Å². The Morgan fingerprint density at radius 2 is 1.92 bits per heavy atom. The lowest BCUT2D eigenvalue weighted by Crippen LogP contribution is -2.36. The van der Waals surface area contributed by atoms with Crippen molar-refractivity contribution < 1.29 is 18.7 Å². The quantitative estimate of drug-likeness (QED) is 0.789. The molecule has 2 aromatic rings. The van der Waals surface area contributed by atoms with E-state index >= 15 is 0 Å². The highest BCUT2D eigenvalue weighted by atomic mass is 79.9. The fourth-order valence-electron chi connectivity index (χ4n) is 1.93. The van der Waals surface area contributed by atoms with E-state index in [1.54, 1.807) is 31.2 Å². The summed E-state index contributed by atoms with van der Waals surface area (Å²) in [5.41, 5.74) is 6.40. The first-order chi connectivity index (χ1) is 11.4. The van der Waals surface area contributed by atoms with Crippen LogP contribution in [0.25, 0.3) is 0 Å². The molecule has 0 saturated carbocycles. The molecule has 0 aliphatic rings. The summed E-state index contributed by atoms with van der Waals surface area (Å²) in [6.45, 7) is 1.89. The highest BCUT2D eigenvalue weighted by molar-refractivity contribution is 9.10. The van der Waals surface area contributed by atoms with E-state index in [2.05, 4.69) is 21.2 Å². The molecule has 2 rings (SSSR count). The normalized spacial score (nSPS) is 11.6. The standard InChI is InChI=1S/C17H16BrFN2O3/c1-10(24-15-7-6-13(19)8-14(15)18)17(23)21-9-11-2-4-12(5-3-11)16(20)22/h2-8,10H,9H2,1H3,(H2,20,22)(H,21,23). The number of carbonyl (C=O) groups is 2. The molecular weight excluding hydrogens is 379 g/mol. The van der Waals surface area contributed by atoms with Crippen molar-refractivity contribution in [3.8, 4) is 5.75 Å². The summed E-state index contributed by atoms with van der Waals surface area (Å²) in [7, 11) is 0. The Morgan fingerprint density at radius 1 is 1.25 bits per heavy atom. The van der Waals surface area contributed by atoms with Gasteiger partial charge in [0, 0.05) is 12.1 Å². The first-order valence-corrected chi connectivity index (χ1v) is 7.94. The SMILES string of the molecule is CC(Oc1ccc(F)cc1Br)C(=O)NCc1ccc(C(N)=O)cc1. The Balaban J connectivity index is 1.90. The summed E-state index contributed by atoms with van der Waals surface area (Å²) < 4.78 is 19.0. The molecule has 126 valence electrons. The zero-order valence-electron chi connectivity index (χ0n) is 12.9. The van der Waals surface area contributed by atoms with Gasteiger partial charge in [-0.2, -0.15) is 0 Å². The number of halogens is 2. The molecule has 5 nitrogen and oxygen atoms in total. The first kappa shape index (κ1) is 17.9. The minimum absolute atomic E-state index is 0.288. The molecule has 0 saturated heterocycles. The number of primary amides is 1. The van der Waals surface area contributed by atoms with Crippen molar-refractivity contribution in [1.29, 1.82) is 0 Å². The third-order valence-electron chi connectivity index (χ3n) is 3.27. The number of ether oxygens (including phenoxy) is 1. The Kier molecular flexibility index (Phi) is 5.92. The van der Waals surface area contributed by atoms with E-state index in [0.717, 1.165) is 5.56 Å². The predicted molar refractivity (Wildman–Crippen MR) is 91.0 cm³/mol. The number of benzene rings is 2. The molecule has 1 atom stereocenters. The van der Waals surface area contributed by atoms with Crippen molar-refractivity contribution in [2.45, 2.75) is 19.6 Å². The van der Waals surface area contributed by atoms with Gasteiger partial charge in [0.05, 0.1) is 4.47 Å². The van der Waals surface area contributed by atoms with Gasteiger partial charge in [-0.3, -0.25) is 9.59 Å². The van der Waals surface area contributed by atoms with Gasteiger partial charge >= 0.3 is 0 Å². The van der Waals surface area contributed by atoms with Crippen LogP contribution >= 0.6 is 15.9 Å². The molecule has 0 radical (unpaired) electrons. The van der Waals surface area contributed by atoms with Crippen LogP contribution in [0.15, 0.2) is 46.9 Å². The van der Waals surface area contributed by atoms with Gasteiger partial charge in [-0.15, -0.1) is 0 Å². The van der Waals surface area contributed by atoms with Crippen LogP contribution < -0.4 is 15.8 Å². The van der Waals surface area contributed by atoms with Crippen molar-refractivity contribution >= 4 is 27.7 Å². The zero-order chi connectivity index (χ0) is 17.7. The van der Waals surface area contributed by atoms with E-state index in [1.165, 1.54) is 18.2 Å². The minimum Gasteiger partial charge on any atom is -0.480 e. The largest absolute Gasteiger partial charge is 0.480 e. The van der Waals surface area contributed by atoms with Crippen molar-refractivity contribution in [2.24, 2.45) is 5.73 Å². The Morgan fingerprint density at radius 3 is 2.50 bits per heavy atom. The summed E-state index contributed by atoms with van der Waals surface area (Å²) in [4.78, 5) is 23.1. The highest BCUT2D eigenvalue weighted by Gasteiger charge is 2.16. The third-order valence-corrected chi connectivity index (χ3v) is 3.89. The Bertz CT molecular complexity index is 750. The number of nitrogens with two attached hydrogens (primary N) is 1. The van der Waals surface area contributed by atoms with Gasteiger partial charge in [0.15, 0.2) is 6.10 Å². The molecule has 0 aliphatic carbocycles. The average Bonchev–Trinajstić information content (AvgIpc) is 2.55. The van der Waals surface area contributed by atoms with E-state index in [1.807, 2.05) is 0 Å². The van der Waals surface area contributed by atoms with Crippen molar-refractivity contribution in [1.82, 2.24) is 5.32 Å². The summed E-state index contributed by atoms with van der Waals surface area (Å²) in [5, 5.41) is 2.73. The zero-order valence-corrected chi connectivity index (χ0v) is 14.5. The summed E-state index contributed by atoms with van der Waals surface area (Å²) >= 11 is 3.18. The number of hydrogen-bond donors (Lipinski definition) is 2. The molecule has 0 fully saturated rings. The lowest BCUT2D eigenvalue weighted by molar-refractivity contribution is -0.127. The summed E-state index contributed by atoms with van der Waals surface area (Å²) in [6, 6.07) is 10.6. The number of nitrogens with one attached hydrogen (secondary N) is 1. The van der Waals surface area contributed by atoms with E-state index in [9.17, 15) is 14.0 Å². The van der Waals surface area contributed by atoms with Gasteiger partial charge in [0.2, 0.25) is 5.91 Å². The summed E-state index contributed by atoms with van der Waals surface area (Å²) in [6.07, 6.45) is -0.753. The predicted octanol–water partition coefficient (Wildman–Crippen LogP) is 2.77. The molecule has 3 N–H and O–H groups in total. The van der Waals surface area contributed by atoms with Gasteiger partial charge in [-0.1, -0.05) is 12.1 Å². The Labute approximate surface area is 147 Å². The van der Waals surface area contributed by atoms with Gasteiger partial charge < -0.3 is 15.8 Å². The maximum Gasteiger partial charge on any atom is 0.261 e. The summed E-state index contributed by atoms with van der Waals surface area (Å²) in [5.74, 6) is -0.835. The first-order valence-electron chi connectivity index (χ1n) is 7.15. The van der Waals surface area contributed by atoms with Crippen molar-refractivity contribution in [2.75, 3.05) is 0 Å². The molecule has 0 bridgehead atoms. The maximum absolute atomic E-state index is 13.0. The number of rotatable bonds is 6. The van der Waals surface area contributed by atoms with Gasteiger partial charge in [0.1, 0.15) is 11.6 Å². The fraction of sp³-hybridized carbons (Fsp3) is 0.176.